The minimum atomic E-state index is -0.180. The van der Waals surface area contributed by atoms with Crippen LogP contribution in [0, 0.1) is 5.82 Å². The van der Waals surface area contributed by atoms with Gasteiger partial charge in [0.25, 0.3) is 0 Å². The van der Waals surface area contributed by atoms with E-state index in [0.29, 0.717) is 0 Å². The van der Waals surface area contributed by atoms with Gasteiger partial charge in [0, 0.05) is 10.6 Å². The van der Waals surface area contributed by atoms with E-state index in [9.17, 15) is 4.39 Å². The molecule has 60 valence electrons. The van der Waals surface area contributed by atoms with Gasteiger partial charge in [0.05, 0.1) is 0 Å². The fraction of sp³-hybridized carbons (Fsp3) is 0.250. The monoisotopic (exact) mass is 188 g/mol. The number of rotatable bonds is 3. The molecule has 3 heteroatoms. The summed E-state index contributed by atoms with van der Waals surface area (Å²) in [5, 5.41) is 0. The van der Waals surface area contributed by atoms with Crippen LogP contribution in [0.5, 0.6) is 0 Å². The molecular formula is C8H9FS2. The molecule has 0 amide bonds. The number of halogens is 1. The number of hydrogen-bond donors (Lipinski definition) is 1. The van der Waals surface area contributed by atoms with Gasteiger partial charge in [-0.3, -0.25) is 0 Å². The second-order valence-corrected chi connectivity index (χ2v) is 3.64. The first-order valence-electron chi connectivity index (χ1n) is 3.32. The van der Waals surface area contributed by atoms with E-state index in [0.717, 1.165) is 16.4 Å². The summed E-state index contributed by atoms with van der Waals surface area (Å²) >= 11 is 5.76. The number of thiol groups is 1. The van der Waals surface area contributed by atoms with Gasteiger partial charge >= 0.3 is 0 Å². The van der Waals surface area contributed by atoms with Crippen LogP contribution in [-0.2, 0) is 0 Å². The van der Waals surface area contributed by atoms with Gasteiger partial charge in [-0.2, -0.15) is 12.6 Å². The number of thioether (sulfide) groups is 1. The topological polar surface area (TPSA) is 0 Å². The predicted octanol–water partition coefficient (Wildman–Crippen LogP) is 2.85. The zero-order valence-electron chi connectivity index (χ0n) is 5.96. The summed E-state index contributed by atoms with van der Waals surface area (Å²) in [5.74, 6) is 1.64. The summed E-state index contributed by atoms with van der Waals surface area (Å²) in [5.41, 5.74) is 0. The Bertz CT molecular complexity index is 208. The maximum absolute atomic E-state index is 12.4. The Hall–Kier alpha value is -0.150. The van der Waals surface area contributed by atoms with Crippen LogP contribution in [-0.4, -0.2) is 11.5 Å². The molecule has 1 aromatic rings. The fourth-order valence-corrected chi connectivity index (χ4v) is 1.62. The average Bonchev–Trinajstić information content (AvgIpc) is 2.04. The van der Waals surface area contributed by atoms with Gasteiger partial charge in [0.15, 0.2) is 0 Å². The van der Waals surface area contributed by atoms with Crippen molar-refractivity contribution in [3.8, 4) is 0 Å². The van der Waals surface area contributed by atoms with Crippen molar-refractivity contribution in [2.45, 2.75) is 4.90 Å². The molecule has 0 heterocycles. The summed E-state index contributed by atoms with van der Waals surface area (Å²) < 4.78 is 12.4. The highest BCUT2D eigenvalue weighted by Gasteiger charge is 1.92. The van der Waals surface area contributed by atoms with E-state index in [2.05, 4.69) is 12.6 Å². The van der Waals surface area contributed by atoms with Gasteiger partial charge in [0.2, 0.25) is 0 Å². The zero-order chi connectivity index (χ0) is 8.10. The van der Waals surface area contributed by atoms with E-state index in [4.69, 9.17) is 0 Å². The molecule has 0 saturated carbocycles. The van der Waals surface area contributed by atoms with Crippen LogP contribution < -0.4 is 0 Å². The largest absolute Gasteiger partial charge is 0.207 e. The Balaban J connectivity index is 2.52. The van der Waals surface area contributed by atoms with Gasteiger partial charge in [-0.05, 0) is 30.0 Å². The van der Waals surface area contributed by atoms with Crippen molar-refractivity contribution in [1.29, 1.82) is 0 Å². The van der Waals surface area contributed by atoms with Gasteiger partial charge < -0.3 is 0 Å². The summed E-state index contributed by atoms with van der Waals surface area (Å²) in [7, 11) is 0. The van der Waals surface area contributed by atoms with Crippen molar-refractivity contribution in [1.82, 2.24) is 0 Å². The Morgan fingerprint density at radius 1 is 1.27 bits per heavy atom. The second-order valence-electron chi connectivity index (χ2n) is 2.03. The van der Waals surface area contributed by atoms with Crippen molar-refractivity contribution in [2.24, 2.45) is 0 Å². The third-order valence-corrected chi connectivity index (χ3v) is 2.71. The highest BCUT2D eigenvalue weighted by molar-refractivity contribution is 8.00. The molecule has 0 N–H and O–H groups in total. The molecule has 0 radical (unpaired) electrons. The van der Waals surface area contributed by atoms with E-state index >= 15 is 0 Å². The normalized spacial score (nSPS) is 10.0. The molecule has 0 bridgehead atoms. The molecule has 0 fully saturated rings. The fourth-order valence-electron chi connectivity index (χ4n) is 0.694. The Kier molecular flexibility index (Phi) is 3.80. The lowest BCUT2D eigenvalue weighted by atomic mass is 10.4. The quantitative estimate of drug-likeness (QED) is 0.562. The third kappa shape index (κ3) is 3.16. The summed E-state index contributed by atoms with van der Waals surface area (Å²) in [6, 6.07) is 6.51. The highest BCUT2D eigenvalue weighted by atomic mass is 32.2. The average molecular weight is 188 g/mol. The van der Waals surface area contributed by atoms with Crippen molar-refractivity contribution in [2.75, 3.05) is 11.5 Å². The molecule has 0 spiro atoms. The van der Waals surface area contributed by atoms with Gasteiger partial charge in [-0.15, -0.1) is 11.8 Å². The van der Waals surface area contributed by atoms with Crippen molar-refractivity contribution < 1.29 is 4.39 Å². The first-order valence-corrected chi connectivity index (χ1v) is 4.94. The number of benzene rings is 1. The molecule has 0 saturated heterocycles. The minimum Gasteiger partial charge on any atom is -0.207 e. The van der Waals surface area contributed by atoms with Crippen LogP contribution in [0.4, 0.5) is 4.39 Å². The molecule has 0 nitrogen and oxygen atoms in total. The molecule has 0 aliphatic heterocycles. The molecule has 0 unspecified atom stereocenters. The SMILES string of the molecule is Fc1ccc(SCCS)cc1. The smallest absolute Gasteiger partial charge is 0.123 e. The highest BCUT2D eigenvalue weighted by Crippen LogP contribution is 2.17. The van der Waals surface area contributed by atoms with Crippen LogP contribution >= 0.6 is 24.4 Å². The summed E-state index contributed by atoms with van der Waals surface area (Å²) in [6.07, 6.45) is 0. The molecule has 0 aromatic heterocycles. The van der Waals surface area contributed by atoms with Crippen LogP contribution in [0.15, 0.2) is 29.2 Å². The Labute approximate surface area is 75.6 Å². The van der Waals surface area contributed by atoms with E-state index in [1.165, 1.54) is 12.1 Å². The van der Waals surface area contributed by atoms with E-state index in [1.54, 1.807) is 23.9 Å². The van der Waals surface area contributed by atoms with Gasteiger partial charge in [-0.25, -0.2) is 4.39 Å². The minimum absolute atomic E-state index is 0.180. The molecule has 0 aliphatic carbocycles. The lowest BCUT2D eigenvalue weighted by Crippen LogP contribution is -1.79. The predicted molar refractivity (Wildman–Crippen MR) is 51.0 cm³/mol. The van der Waals surface area contributed by atoms with Crippen molar-refractivity contribution in [3.05, 3.63) is 30.1 Å². The zero-order valence-corrected chi connectivity index (χ0v) is 7.67. The molecule has 11 heavy (non-hydrogen) atoms. The second kappa shape index (κ2) is 4.67. The summed E-state index contributed by atoms with van der Waals surface area (Å²) in [6.45, 7) is 0. The Morgan fingerprint density at radius 2 is 1.91 bits per heavy atom. The number of hydrogen-bond acceptors (Lipinski definition) is 2. The molecule has 0 atom stereocenters. The first kappa shape index (κ1) is 8.94. The maximum atomic E-state index is 12.4. The standard InChI is InChI=1S/C8H9FS2/c9-7-1-3-8(4-2-7)11-6-5-10/h1-4,10H,5-6H2. The van der Waals surface area contributed by atoms with Crippen LogP contribution in [0.25, 0.3) is 0 Å². The maximum Gasteiger partial charge on any atom is 0.123 e. The van der Waals surface area contributed by atoms with Gasteiger partial charge in [-0.1, -0.05) is 0 Å². The van der Waals surface area contributed by atoms with Crippen LogP contribution in [0.2, 0.25) is 0 Å². The molecule has 0 aliphatic rings. The van der Waals surface area contributed by atoms with E-state index in [-0.39, 0.29) is 5.82 Å². The van der Waals surface area contributed by atoms with E-state index in [1.807, 2.05) is 0 Å². The Morgan fingerprint density at radius 3 is 2.45 bits per heavy atom. The van der Waals surface area contributed by atoms with Crippen molar-refractivity contribution in [3.63, 3.8) is 0 Å². The van der Waals surface area contributed by atoms with Crippen molar-refractivity contribution >= 4 is 24.4 Å². The lowest BCUT2D eigenvalue weighted by molar-refractivity contribution is 0.626. The molecular weight excluding hydrogens is 179 g/mol. The first-order chi connectivity index (χ1) is 5.33. The molecule has 1 rings (SSSR count). The lowest BCUT2D eigenvalue weighted by Gasteiger charge is -1.97. The van der Waals surface area contributed by atoms with Gasteiger partial charge in [0.1, 0.15) is 5.82 Å². The summed E-state index contributed by atoms with van der Waals surface area (Å²) in [4.78, 5) is 1.10. The van der Waals surface area contributed by atoms with Crippen LogP contribution in [0.3, 0.4) is 0 Å². The van der Waals surface area contributed by atoms with E-state index < -0.39 is 0 Å². The van der Waals surface area contributed by atoms with Crippen LogP contribution in [0.1, 0.15) is 0 Å². The molecule has 1 aromatic carbocycles. The third-order valence-electron chi connectivity index (χ3n) is 1.17.